The first-order valence-corrected chi connectivity index (χ1v) is 6.56. The van der Waals surface area contributed by atoms with Gasteiger partial charge in [0.05, 0.1) is 4.83 Å². The molecule has 1 aromatic rings. The van der Waals surface area contributed by atoms with Crippen LogP contribution in [-0.2, 0) is 4.79 Å². The Kier molecular flexibility index (Phi) is 4.48. The molecule has 0 aliphatic heterocycles. The molecule has 0 amide bonds. The van der Waals surface area contributed by atoms with Crippen molar-refractivity contribution in [1.29, 1.82) is 0 Å². The summed E-state index contributed by atoms with van der Waals surface area (Å²) in [6.45, 7) is 1.57. The van der Waals surface area contributed by atoms with Crippen molar-refractivity contribution in [3.8, 4) is 0 Å². The van der Waals surface area contributed by atoms with Crippen molar-refractivity contribution in [1.82, 2.24) is 0 Å². The molecular formula is C10H10BrClOS. The van der Waals surface area contributed by atoms with Gasteiger partial charge >= 0.3 is 0 Å². The summed E-state index contributed by atoms with van der Waals surface area (Å²) in [6.07, 6.45) is 1.97. The molecule has 0 heterocycles. The molecule has 0 aliphatic carbocycles. The lowest BCUT2D eigenvalue weighted by molar-refractivity contribution is -0.116. The Morgan fingerprint density at radius 2 is 2.21 bits per heavy atom. The third kappa shape index (κ3) is 2.75. The second-order valence-electron chi connectivity index (χ2n) is 2.86. The Hall–Kier alpha value is 0.01000. The van der Waals surface area contributed by atoms with E-state index in [9.17, 15) is 4.79 Å². The fourth-order valence-corrected chi connectivity index (χ4v) is 2.57. The summed E-state index contributed by atoms with van der Waals surface area (Å²) in [7, 11) is 0. The summed E-state index contributed by atoms with van der Waals surface area (Å²) in [5, 5.41) is 0.696. The highest BCUT2D eigenvalue weighted by molar-refractivity contribution is 9.09. The topological polar surface area (TPSA) is 17.1 Å². The highest BCUT2D eigenvalue weighted by Gasteiger charge is 2.16. The standard InChI is InChI=1S/C10H10BrClOS/c1-6(13)10(11)8-4-3-7(12)5-9(8)14-2/h3-5,10H,1-2H3. The predicted octanol–water partition coefficient (Wildman–Crippen LogP) is 4.09. The molecule has 0 aliphatic rings. The number of hydrogen-bond donors (Lipinski definition) is 0. The first-order valence-electron chi connectivity index (χ1n) is 4.04. The van der Waals surface area contributed by atoms with E-state index >= 15 is 0 Å². The van der Waals surface area contributed by atoms with Crippen molar-refractivity contribution in [2.24, 2.45) is 0 Å². The zero-order chi connectivity index (χ0) is 10.7. The first kappa shape index (κ1) is 12.1. The van der Waals surface area contributed by atoms with Crippen LogP contribution in [-0.4, -0.2) is 12.0 Å². The Morgan fingerprint density at radius 3 is 2.71 bits per heavy atom. The third-order valence-electron chi connectivity index (χ3n) is 1.83. The van der Waals surface area contributed by atoms with Crippen LogP contribution in [0.2, 0.25) is 5.02 Å². The molecule has 76 valence electrons. The summed E-state index contributed by atoms with van der Waals surface area (Å²) >= 11 is 10.8. The van der Waals surface area contributed by atoms with E-state index in [1.165, 1.54) is 0 Å². The van der Waals surface area contributed by atoms with Gasteiger partial charge in [0.15, 0.2) is 0 Å². The largest absolute Gasteiger partial charge is 0.298 e. The maximum absolute atomic E-state index is 11.2. The van der Waals surface area contributed by atoms with E-state index in [1.54, 1.807) is 24.8 Å². The molecule has 0 saturated heterocycles. The van der Waals surface area contributed by atoms with Gasteiger partial charge in [-0.1, -0.05) is 33.6 Å². The van der Waals surface area contributed by atoms with Gasteiger partial charge in [0.1, 0.15) is 5.78 Å². The average Bonchev–Trinajstić information content (AvgIpc) is 2.16. The average molecular weight is 294 g/mol. The van der Waals surface area contributed by atoms with Crippen molar-refractivity contribution in [2.75, 3.05) is 6.26 Å². The van der Waals surface area contributed by atoms with Crippen LogP contribution in [0, 0.1) is 0 Å². The molecule has 1 nitrogen and oxygen atoms in total. The minimum Gasteiger partial charge on any atom is -0.298 e. The number of Topliss-reactive ketones (excluding diaryl/α,β-unsaturated/α-hetero) is 1. The van der Waals surface area contributed by atoms with Crippen LogP contribution in [0.4, 0.5) is 0 Å². The Bertz CT molecular complexity index is 354. The lowest BCUT2D eigenvalue weighted by atomic mass is 10.1. The number of hydrogen-bond acceptors (Lipinski definition) is 2. The molecule has 1 unspecified atom stereocenters. The van der Waals surface area contributed by atoms with Crippen LogP contribution in [0.15, 0.2) is 23.1 Å². The summed E-state index contributed by atoms with van der Waals surface area (Å²) in [4.78, 5) is 12.0. The normalized spacial score (nSPS) is 12.6. The zero-order valence-corrected chi connectivity index (χ0v) is 11.0. The first-order chi connectivity index (χ1) is 6.56. The van der Waals surface area contributed by atoms with E-state index in [2.05, 4.69) is 15.9 Å². The van der Waals surface area contributed by atoms with Gasteiger partial charge in [0.2, 0.25) is 0 Å². The van der Waals surface area contributed by atoms with Crippen LogP contribution in [0.1, 0.15) is 17.3 Å². The molecule has 1 atom stereocenters. The maximum atomic E-state index is 11.2. The predicted molar refractivity (Wildman–Crippen MR) is 65.6 cm³/mol. The number of halogens is 2. The molecule has 0 fully saturated rings. The quantitative estimate of drug-likeness (QED) is 0.617. The molecule has 0 N–H and O–H groups in total. The van der Waals surface area contributed by atoms with E-state index in [4.69, 9.17) is 11.6 Å². The lowest BCUT2D eigenvalue weighted by Gasteiger charge is -2.11. The van der Waals surface area contributed by atoms with Gasteiger partial charge in [0.25, 0.3) is 0 Å². The van der Waals surface area contributed by atoms with E-state index in [0.29, 0.717) is 5.02 Å². The van der Waals surface area contributed by atoms with Crippen LogP contribution in [0.5, 0.6) is 0 Å². The number of carbonyl (C=O) groups is 1. The molecular weight excluding hydrogens is 284 g/mol. The summed E-state index contributed by atoms with van der Waals surface area (Å²) in [6, 6.07) is 5.56. The van der Waals surface area contributed by atoms with Crippen molar-refractivity contribution >= 4 is 45.1 Å². The number of rotatable bonds is 3. The number of ketones is 1. The minimum absolute atomic E-state index is 0.0997. The van der Waals surface area contributed by atoms with Crippen molar-refractivity contribution in [2.45, 2.75) is 16.6 Å². The summed E-state index contributed by atoms with van der Waals surface area (Å²) in [5.74, 6) is 0.0997. The Morgan fingerprint density at radius 1 is 1.57 bits per heavy atom. The van der Waals surface area contributed by atoms with E-state index in [1.807, 2.05) is 18.4 Å². The van der Waals surface area contributed by atoms with Gasteiger partial charge in [-0.15, -0.1) is 11.8 Å². The van der Waals surface area contributed by atoms with Gasteiger partial charge < -0.3 is 0 Å². The maximum Gasteiger partial charge on any atom is 0.147 e. The fourth-order valence-electron chi connectivity index (χ4n) is 1.11. The zero-order valence-electron chi connectivity index (χ0n) is 7.88. The van der Waals surface area contributed by atoms with Crippen molar-refractivity contribution < 1.29 is 4.79 Å². The van der Waals surface area contributed by atoms with Crippen molar-refractivity contribution in [3.05, 3.63) is 28.8 Å². The van der Waals surface area contributed by atoms with Gasteiger partial charge in [-0.3, -0.25) is 4.79 Å². The highest BCUT2D eigenvalue weighted by atomic mass is 79.9. The monoisotopic (exact) mass is 292 g/mol. The molecule has 0 bridgehead atoms. The van der Waals surface area contributed by atoms with Crippen LogP contribution < -0.4 is 0 Å². The Labute approximate surface area is 101 Å². The molecule has 1 aromatic carbocycles. The SMILES string of the molecule is CSc1cc(Cl)ccc1C(Br)C(C)=O. The molecule has 0 radical (unpaired) electrons. The number of thioether (sulfide) groups is 1. The second kappa shape index (κ2) is 5.19. The highest BCUT2D eigenvalue weighted by Crippen LogP contribution is 2.33. The van der Waals surface area contributed by atoms with Gasteiger partial charge in [-0.05, 0) is 30.9 Å². The molecule has 4 heteroatoms. The third-order valence-corrected chi connectivity index (χ3v) is 3.99. The minimum atomic E-state index is -0.234. The number of benzene rings is 1. The molecule has 0 saturated carbocycles. The van der Waals surface area contributed by atoms with Gasteiger partial charge in [-0.2, -0.15) is 0 Å². The molecule has 14 heavy (non-hydrogen) atoms. The second-order valence-corrected chi connectivity index (χ2v) is 5.06. The fraction of sp³-hybridized carbons (Fsp3) is 0.300. The molecule has 0 aromatic heterocycles. The van der Waals surface area contributed by atoms with E-state index < -0.39 is 0 Å². The van der Waals surface area contributed by atoms with Crippen LogP contribution >= 0.6 is 39.3 Å². The lowest BCUT2D eigenvalue weighted by Crippen LogP contribution is -2.02. The van der Waals surface area contributed by atoms with Crippen molar-refractivity contribution in [3.63, 3.8) is 0 Å². The summed E-state index contributed by atoms with van der Waals surface area (Å²) < 4.78 is 0. The van der Waals surface area contributed by atoms with E-state index in [-0.39, 0.29) is 10.6 Å². The number of alkyl halides is 1. The Balaban J connectivity index is 3.13. The van der Waals surface area contributed by atoms with Gasteiger partial charge in [-0.25, -0.2) is 0 Å². The van der Waals surface area contributed by atoms with E-state index in [0.717, 1.165) is 10.5 Å². The van der Waals surface area contributed by atoms with Gasteiger partial charge in [0, 0.05) is 9.92 Å². The summed E-state index contributed by atoms with van der Waals surface area (Å²) in [5.41, 5.74) is 0.981. The number of carbonyl (C=O) groups excluding carboxylic acids is 1. The smallest absolute Gasteiger partial charge is 0.147 e. The van der Waals surface area contributed by atoms with Crippen LogP contribution in [0.3, 0.4) is 0 Å². The molecule has 0 spiro atoms. The van der Waals surface area contributed by atoms with Crippen LogP contribution in [0.25, 0.3) is 0 Å². The molecule has 1 rings (SSSR count).